The van der Waals surface area contributed by atoms with Gasteiger partial charge in [-0.05, 0) is 36.3 Å². The number of nitrogens with one attached hydrogen (secondary N) is 3. The van der Waals surface area contributed by atoms with Crippen molar-refractivity contribution < 1.29 is 14.4 Å². The smallest absolute Gasteiger partial charge is 0.246 e. The van der Waals surface area contributed by atoms with Gasteiger partial charge in [0.05, 0.1) is 0 Å². The predicted octanol–water partition coefficient (Wildman–Crippen LogP) is 3.13. The first-order valence-corrected chi connectivity index (χ1v) is 11.3. The van der Waals surface area contributed by atoms with Crippen LogP contribution in [0.3, 0.4) is 0 Å². The maximum atomic E-state index is 13.1. The maximum Gasteiger partial charge on any atom is 0.246 e. The molecule has 3 amide bonds. The van der Waals surface area contributed by atoms with Crippen molar-refractivity contribution in [2.75, 3.05) is 17.6 Å². The lowest BCUT2D eigenvalue weighted by atomic mass is 9.87. The van der Waals surface area contributed by atoms with Gasteiger partial charge < -0.3 is 16.0 Å². The SMILES string of the molecule is O=C1NC[C@H](c2ccccc2)[C@@H]1C(=O)N[C@@H](CCCCCS)C(=O)Nc1ccccc1. The Hall–Kier alpha value is -2.80. The number of unbranched alkanes of at least 4 members (excludes halogenated alkanes) is 2. The predicted molar refractivity (Wildman–Crippen MR) is 125 cm³/mol. The quantitative estimate of drug-likeness (QED) is 0.261. The molecule has 3 atom stereocenters. The van der Waals surface area contributed by atoms with Crippen LogP contribution in [-0.4, -0.2) is 36.1 Å². The number of carbonyl (C=O) groups excluding carboxylic acids is 3. The van der Waals surface area contributed by atoms with Gasteiger partial charge in [0.1, 0.15) is 12.0 Å². The second-order valence-corrected chi connectivity index (χ2v) is 8.18. The van der Waals surface area contributed by atoms with Gasteiger partial charge in [0.15, 0.2) is 0 Å². The number of hydrogen-bond donors (Lipinski definition) is 4. The van der Waals surface area contributed by atoms with Crippen molar-refractivity contribution >= 4 is 36.0 Å². The van der Waals surface area contributed by atoms with Crippen molar-refractivity contribution in [2.24, 2.45) is 5.92 Å². The molecule has 7 heteroatoms. The van der Waals surface area contributed by atoms with Crippen LogP contribution in [0, 0.1) is 5.92 Å². The molecule has 31 heavy (non-hydrogen) atoms. The van der Waals surface area contributed by atoms with Gasteiger partial charge in [-0.1, -0.05) is 61.4 Å². The van der Waals surface area contributed by atoms with E-state index in [0.29, 0.717) is 18.7 Å². The van der Waals surface area contributed by atoms with E-state index in [4.69, 9.17) is 0 Å². The van der Waals surface area contributed by atoms with Crippen LogP contribution in [0.15, 0.2) is 60.7 Å². The fourth-order valence-electron chi connectivity index (χ4n) is 3.85. The lowest BCUT2D eigenvalue weighted by Gasteiger charge is -2.22. The Labute approximate surface area is 188 Å². The van der Waals surface area contributed by atoms with Crippen LogP contribution >= 0.6 is 12.6 Å². The van der Waals surface area contributed by atoms with E-state index in [-0.39, 0.29) is 17.7 Å². The zero-order valence-corrected chi connectivity index (χ0v) is 18.3. The zero-order chi connectivity index (χ0) is 22.1. The number of para-hydroxylation sites is 1. The Balaban J connectivity index is 1.71. The van der Waals surface area contributed by atoms with Gasteiger partial charge in [-0.3, -0.25) is 14.4 Å². The number of thiol groups is 1. The monoisotopic (exact) mass is 439 g/mol. The largest absolute Gasteiger partial charge is 0.355 e. The molecule has 0 bridgehead atoms. The Morgan fingerprint density at radius 1 is 1.00 bits per heavy atom. The highest BCUT2D eigenvalue weighted by Crippen LogP contribution is 2.29. The maximum absolute atomic E-state index is 13.1. The lowest BCUT2D eigenvalue weighted by molar-refractivity contribution is -0.135. The number of hydrogen-bond acceptors (Lipinski definition) is 4. The highest BCUT2D eigenvalue weighted by molar-refractivity contribution is 7.80. The summed E-state index contributed by atoms with van der Waals surface area (Å²) in [7, 11) is 0. The van der Waals surface area contributed by atoms with Crippen LogP contribution in [0.25, 0.3) is 0 Å². The second-order valence-electron chi connectivity index (χ2n) is 7.73. The molecule has 0 aromatic heterocycles. The van der Waals surface area contributed by atoms with Gasteiger partial charge in [-0.15, -0.1) is 0 Å². The van der Waals surface area contributed by atoms with Crippen molar-refractivity contribution in [3.8, 4) is 0 Å². The molecule has 6 nitrogen and oxygen atoms in total. The van der Waals surface area contributed by atoms with Gasteiger partial charge in [0.2, 0.25) is 17.7 Å². The molecule has 1 heterocycles. The fraction of sp³-hybridized carbons (Fsp3) is 0.375. The van der Waals surface area contributed by atoms with E-state index in [9.17, 15) is 14.4 Å². The minimum Gasteiger partial charge on any atom is -0.355 e. The molecule has 2 aromatic rings. The first kappa shape index (κ1) is 22.9. The molecule has 3 rings (SSSR count). The van der Waals surface area contributed by atoms with E-state index in [1.165, 1.54) is 0 Å². The van der Waals surface area contributed by atoms with Crippen molar-refractivity contribution in [3.63, 3.8) is 0 Å². The molecule has 2 aromatic carbocycles. The van der Waals surface area contributed by atoms with Crippen LogP contribution in [0.4, 0.5) is 5.69 Å². The van der Waals surface area contributed by atoms with E-state index in [1.807, 2.05) is 48.5 Å². The number of anilines is 1. The summed E-state index contributed by atoms with van der Waals surface area (Å²) < 4.78 is 0. The van der Waals surface area contributed by atoms with Crippen molar-refractivity contribution in [1.29, 1.82) is 0 Å². The lowest BCUT2D eigenvalue weighted by Crippen LogP contribution is -2.48. The Bertz CT molecular complexity index is 876. The van der Waals surface area contributed by atoms with E-state index < -0.39 is 17.9 Å². The molecule has 0 aliphatic carbocycles. The molecule has 3 N–H and O–H groups in total. The third kappa shape index (κ3) is 6.34. The molecule has 0 saturated carbocycles. The number of amides is 3. The summed E-state index contributed by atoms with van der Waals surface area (Å²) in [6.07, 6.45) is 3.16. The minimum atomic E-state index is -0.855. The molecule has 0 radical (unpaired) electrons. The van der Waals surface area contributed by atoms with E-state index in [2.05, 4.69) is 28.6 Å². The van der Waals surface area contributed by atoms with E-state index in [0.717, 1.165) is 30.6 Å². The number of rotatable bonds is 10. The normalized spacial score (nSPS) is 18.8. The van der Waals surface area contributed by atoms with Crippen molar-refractivity contribution in [3.05, 3.63) is 66.2 Å². The summed E-state index contributed by atoms with van der Waals surface area (Å²) in [5.41, 5.74) is 1.60. The van der Waals surface area contributed by atoms with Crippen LogP contribution in [0.2, 0.25) is 0 Å². The highest BCUT2D eigenvalue weighted by atomic mass is 32.1. The second kappa shape index (κ2) is 11.6. The summed E-state index contributed by atoms with van der Waals surface area (Å²) in [6, 6.07) is 18.0. The van der Waals surface area contributed by atoms with Gasteiger partial charge >= 0.3 is 0 Å². The van der Waals surface area contributed by atoms with Gasteiger partial charge in [0, 0.05) is 18.2 Å². The third-order valence-corrected chi connectivity index (χ3v) is 5.83. The first-order valence-electron chi connectivity index (χ1n) is 10.7. The standard InChI is InChI=1S/C24H29N3O3S/c28-22(26-18-12-6-2-7-13-18)20(14-8-3-9-15-31)27-24(30)21-19(16-25-23(21)29)17-10-4-1-5-11-17/h1-2,4-7,10-13,19-21,31H,3,8-9,14-16H2,(H,25,29)(H,26,28)(H,27,30)/t19-,20+,21+/m1/s1. The molecular weight excluding hydrogens is 410 g/mol. The molecule has 164 valence electrons. The third-order valence-electron chi connectivity index (χ3n) is 5.52. The van der Waals surface area contributed by atoms with Crippen LogP contribution in [0.1, 0.15) is 37.2 Å². The van der Waals surface area contributed by atoms with Gasteiger partial charge in [-0.2, -0.15) is 12.6 Å². The summed E-state index contributed by atoms with van der Waals surface area (Å²) >= 11 is 4.23. The summed E-state index contributed by atoms with van der Waals surface area (Å²) in [4.78, 5) is 38.5. The molecule has 1 aliphatic heterocycles. The Kier molecular flexibility index (Phi) is 8.53. The Morgan fingerprint density at radius 2 is 1.68 bits per heavy atom. The Morgan fingerprint density at radius 3 is 2.35 bits per heavy atom. The molecule has 1 fully saturated rings. The number of carbonyl (C=O) groups is 3. The van der Waals surface area contributed by atoms with Crippen LogP contribution in [0.5, 0.6) is 0 Å². The average molecular weight is 440 g/mol. The van der Waals surface area contributed by atoms with E-state index in [1.54, 1.807) is 12.1 Å². The summed E-state index contributed by atoms with van der Waals surface area (Å²) in [5, 5.41) is 8.51. The molecular formula is C24H29N3O3S. The first-order chi connectivity index (χ1) is 15.1. The molecule has 1 aliphatic rings. The van der Waals surface area contributed by atoms with E-state index >= 15 is 0 Å². The van der Waals surface area contributed by atoms with Gasteiger partial charge in [0.25, 0.3) is 0 Å². The van der Waals surface area contributed by atoms with Crippen molar-refractivity contribution in [1.82, 2.24) is 10.6 Å². The fourth-order valence-corrected chi connectivity index (χ4v) is 4.08. The van der Waals surface area contributed by atoms with Crippen LogP contribution < -0.4 is 16.0 Å². The van der Waals surface area contributed by atoms with Gasteiger partial charge in [-0.25, -0.2) is 0 Å². The molecule has 0 spiro atoms. The van der Waals surface area contributed by atoms with Crippen molar-refractivity contribution in [2.45, 2.75) is 37.6 Å². The summed E-state index contributed by atoms with van der Waals surface area (Å²) in [5.74, 6) is -1.31. The highest BCUT2D eigenvalue weighted by Gasteiger charge is 2.42. The topological polar surface area (TPSA) is 87.3 Å². The molecule has 0 unspecified atom stereocenters. The zero-order valence-electron chi connectivity index (χ0n) is 17.4. The molecule has 1 saturated heterocycles. The number of benzene rings is 2. The van der Waals surface area contributed by atoms with Crippen LogP contribution in [-0.2, 0) is 14.4 Å². The summed E-state index contributed by atoms with van der Waals surface area (Å²) in [6.45, 7) is 0.407. The average Bonchev–Trinajstić information content (AvgIpc) is 3.18. The minimum absolute atomic E-state index is 0.254.